The van der Waals surface area contributed by atoms with Gasteiger partial charge in [-0.3, -0.25) is 0 Å². The fraction of sp³-hybridized carbons (Fsp3) is 0.889. The van der Waals surface area contributed by atoms with Crippen LogP contribution in [0.15, 0.2) is 5.16 Å². The van der Waals surface area contributed by atoms with E-state index in [2.05, 4.69) is 32.9 Å². The van der Waals surface area contributed by atoms with Crippen molar-refractivity contribution in [1.29, 1.82) is 0 Å². The Morgan fingerprint density at radius 3 is 2.27 bits per heavy atom. The van der Waals surface area contributed by atoms with Gasteiger partial charge in [0.1, 0.15) is 6.61 Å². The van der Waals surface area contributed by atoms with E-state index in [1.165, 1.54) is 0 Å². The molecular weight excluding hydrogens is 138 g/mol. The first kappa shape index (κ1) is 10.5. The lowest BCUT2D eigenvalue weighted by Crippen LogP contribution is -2.12. The first-order valence-corrected chi connectivity index (χ1v) is 4.11. The smallest absolute Gasteiger partial charge is 0.122 e. The summed E-state index contributed by atoms with van der Waals surface area (Å²) in [4.78, 5) is 5.14. The van der Waals surface area contributed by atoms with Crippen molar-refractivity contribution in [1.82, 2.24) is 0 Å². The molecule has 0 spiro atoms. The fourth-order valence-electron chi connectivity index (χ4n) is 0.401. The van der Waals surface area contributed by atoms with Crippen molar-refractivity contribution < 1.29 is 4.84 Å². The van der Waals surface area contributed by atoms with E-state index in [9.17, 15) is 0 Å². The van der Waals surface area contributed by atoms with Crippen LogP contribution in [0.5, 0.6) is 0 Å². The molecule has 2 heteroatoms. The van der Waals surface area contributed by atoms with Gasteiger partial charge in [0.2, 0.25) is 0 Å². The molecule has 0 aromatic rings. The van der Waals surface area contributed by atoms with Crippen molar-refractivity contribution in [2.75, 3.05) is 6.61 Å². The van der Waals surface area contributed by atoms with Crippen LogP contribution in [0.3, 0.4) is 0 Å². The summed E-state index contributed by atoms with van der Waals surface area (Å²) in [6.45, 7) is 11.1. The lowest BCUT2D eigenvalue weighted by molar-refractivity contribution is 0.0766. The highest BCUT2D eigenvalue weighted by molar-refractivity contribution is 5.80. The summed E-state index contributed by atoms with van der Waals surface area (Å²) in [5.74, 6) is 0. The van der Waals surface area contributed by atoms with E-state index in [-0.39, 0.29) is 5.41 Å². The number of oxime groups is 1. The van der Waals surface area contributed by atoms with Gasteiger partial charge in [-0.05, 0) is 18.8 Å². The van der Waals surface area contributed by atoms with Gasteiger partial charge in [0.15, 0.2) is 0 Å². The third-order valence-electron chi connectivity index (χ3n) is 1.23. The molecule has 0 saturated carbocycles. The molecule has 0 aliphatic heterocycles. The Balaban J connectivity index is 3.57. The van der Waals surface area contributed by atoms with Crippen LogP contribution >= 0.6 is 0 Å². The van der Waals surface area contributed by atoms with Gasteiger partial charge < -0.3 is 4.84 Å². The molecular formula is C9H19NO. The predicted octanol–water partition coefficient (Wildman–Crippen LogP) is 2.84. The van der Waals surface area contributed by atoms with E-state index in [4.69, 9.17) is 4.84 Å². The normalized spacial score (nSPS) is 13.4. The minimum Gasteiger partial charge on any atom is -0.395 e. The van der Waals surface area contributed by atoms with Gasteiger partial charge in [-0.2, -0.15) is 0 Å². The summed E-state index contributed by atoms with van der Waals surface area (Å²) >= 11 is 0. The van der Waals surface area contributed by atoms with E-state index in [1.54, 1.807) is 0 Å². The lowest BCUT2D eigenvalue weighted by atomic mass is 9.99. The Bertz CT molecular complexity index is 133. The van der Waals surface area contributed by atoms with E-state index in [0.29, 0.717) is 6.61 Å². The first-order valence-electron chi connectivity index (χ1n) is 4.11. The molecule has 0 aromatic carbocycles. The minimum atomic E-state index is 0.206. The van der Waals surface area contributed by atoms with Crippen LogP contribution in [0.4, 0.5) is 0 Å². The maximum atomic E-state index is 5.14. The minimum absolute atomic E-state index is 0.206. The van der Waals surface area contributed by atoms with Crippen molar-refractivity contribution in [3.63, 3.8) is 0 Å². The SMILES string of the molecule is CC/C(C)=N/OCC(C)(C)C. The largest absolute Gasteiger partial charge is 0.395 e. The predicted molar refractivity (Wildman–Crippen MR) is 48.8 cm³/mol. The molecule has 0 fully saturated rings. The Kier molecular flexibility index (Phi) is 4.16. The Labute approximate surface area is 69.6 Å². The van der Waals surface area contributed by atoms with E-state index < -0.39 is 0 Å². The number of hydrogen-bond acceptors (Lipinski definition) is 2. The molecule has 0 bridgehead atoms. The molecule has 0 amide bonds. The number of rotatable bonds is 3. The average Bonchev–Trinajstić information content (AvgIpc) is 1.85. The zero-order chi connectivity index (χ0) is 8.91. The van der Waals surface area contributed by atoms with Gasteiger partial charge in [-0.1, -0.05) is 32.9 Å². The van der Waals surface area contributed by atoms with Crippen LogP contribution < -0.4 is 0 Å². The molecule has 2 nitrogen and oxygen atoms in total. The molecule has 0 unspecified atom stereocenters. The lowest BCUT2D eigenvalue weighted by Gasteiger charge is -2.15. The van der Waals surface area contributed by atoms with Gasteiger partial charge in [-0.25, -0.2) is 0 Å². The van der Waals surface area contributed by atoms with Gasteiger partial charge >= 0.3 is 0 Å². The zero-order valence-electron chi connectivity index (χ0n) is 8.27. The molecule has 0 radical (unpaired) electrons. The summed E-state index contributed by atoms with van der Waals surface area (Å²) in [5, 5.41) is 3.94. The molecule has 0 N–H and O–H groups in total. The van der Waals surface area contributed by atoms with Crippen LogP contribution in [0.2, 0.25) is 0 Å². The molecule has 66 valence electrons. The van der Waals surface area contributed by atoms with Crippen molar-refractivity contribution in [2.45, 2.75) is 41.0 Å². The maximum absolute atomic E-state index is 5.14. The monoisotopic (exact) mass is 157 g/mol. The maximum Gasteiger partial charge on any atom is 0.122 e. The topological polar surface area (TPSA) is 21.6 Å². The van der Waals surface area contributed by atoms with E-state index >= 15 is 0 Å². The highest BCUT2D eigenvalue weighted by Gasteiger charge is 2.09. The second-order valence-corrected chi connectivity index (χ2v) is 4.01. The second kappa shape index (κ2) is 4.37. The van der Waals surface area contributed by atoms with Crippen LogP contribution in [-0.4, -0.2) is 12.3 Å². The summed E-state index contributed by atoms with van der Waals surface area (Å²) in [6.07, 6.45) is 0.962. The zero-order valence-corrected chi connectivity index (χ0v) is 8.27. The molecule has 0 rings (SSSR count). The summed E-state index contributed by atoms with van der Waals surface area (Å²) in [7, 11) is 0. The Morgan fingerprint density at radius 2 is 1.91 bits per heavy atom. The van der Waals surface area contributed by atoms with Gasteiger partial charge in [0.05, 0.1) is 5.71 Å². The summed E-state index contributed by atoms with van der Waals surface area (Å²) in [5.41, 5.74) is 1.26. The third-order valence-corrected chi connectivity index (χ3v) is 1.23. The second-order valence-electron chi connectivity index (χ2n) is 4.01. The summed E-state index contributed by atoms with van der Waals surface area (Å²) in [6, 6.07) is 0. The standard InChI is InChI=1S/C9H19NO/c1-6-8(2)10-11-7-9(3,4)5/h6-7H2,1-5H3/b10-8+. The molecule has 11 heavy (non-hydrogen) atoms. The molecule has 0 aliphatic carbocycles. The van der Waals surface area contributed by atoms with Crippen LogP contribution in [-0.2, 0) is 4.84 Å². The van der Waals surface area contributed by atoms with Crippen molar-refractivity contribution in [2.24, 2.45) is 10.6 Å². The molecule has 0 aliphatic rings. The van der Waals surface area contributed by atoms with E-state index in [0.717, 1.165) is 12.1 Å². The van der Waals surface area contributed by atoms with E-state index in [1.807, 2.05) is 6.92 Å². The molecule has 0 heterocycles. The van der Waals surface area contributed by atoms with Crippen molar-refractivity contribution >= 4 is 5.71 Å². The van der Waals surface area contributed by atoms with Crippen LogP contribution in [0, 0.1) is 5.41 Å². The third kappa shape index (κ3) is 7.37. The van der Waals surface area contributed by atoms with Gasteiger partial charge in [0, 0.05) is 0 Å². The van der Waals surface area contributed by atoms with Crippen LogP contribution in [0.1, 0.15) is 41.0 Å². The fourth-order valence-corrected chi connectivity index (χ4v) is 0.401. The molecule has 0 atom stereocenters. The highest BCUT2D eigenvalue weighted by atomic mass is 16.6. The molecule has 0 saturated heterocycles. The number of nitrogens with zero attached hydrogens (tertiary/aromatic N) is 1. The Hall–Kier alpha value is -0.530. The quantitative estimate of drug-likeness (QED) is 0.456. The molecule has 0 aromatic heterocycles. The van der Waals surface area contributed by atoms with Crippen molar-refractivity contribution in [3.8, 4) is 0 Å². The van der Waals surface area contributed by atoms with Crippen molar-refractivity contribution in [3.05, 3.63) is 0 Å². The van der Waals surface area contributed by atoms with Crippen LogP contribution in [0.25, 0.3) is 0 Å². The summed E-state index contributed by atoms with van der Waals surface area (Å²) < 4.78 is 0. The average molecular weight is 157 g/mol. The van der Waals surface area contributed by atoms with Gasteiger partial charge in [-0.15, -0.1) is 0 Å². The Morgan fingerprint density at radius 1 is 1.36 bits per heavy atom. The first-order chi connectivity index (χ1) is 4.95. The highest BCUT2D eigenvalue weighted by Crippen LogP contribution is 2.12. The van der Waals surface area contributed by atoms with Gasteiger partial charge in [0.25, 0.3) is 0 Å². The number of hydrogen-bond donors (Lipinski definition) is 0.